The Morgan fingerprint density at radius 1 is 1.26 bits per heavy atom. The summed E-state index contributed by atoms with van der Waals surface area (Å²) in [6.07, 6.45) is 9.64. The van der Waals surface area contributed by atoms with Crippen LogP contribution in [0.15, 0.2) is 23.8 Å². The molecule has 0 radical (unpaired) electrons. The summed E-state index contributed by atoms with van der Waals surface area (Å²) in [5.41, 5.74) is 1.11. The van der Waals surface area contributed by atoms with Crippen LogP contribution in [0.3, 0.4) is 0 Å². The van der Waals surface area contributed by atoms with E-state index < -0.39 is 0 Å². The van der Waals surface area contributed by atoms with Crippen LogP contribution >= 0.6 is 0 Å². The van der Waals surface area contributed by atoms with Gasteiger partial charge in [-0.1, -0.05) is 18.2 Å². The molecule has 0 bridgehead atoms. The van der Waals surface area contributed by atoms with Crippen LogP contribution in [0.25, 0.3) is 0 Å². The van der Waals surface area contributed by atoms with E-state index in [0.29, 0.717) is 12.5 Å². The van der Waals surface area contributed by atoms with Gasteiger partial charge in [-0.2, -0.15) is 0 Å². The zero-order chi connectivity index (χ0) is 17.5. The highest BCUT2D eigenvalue weighted by molar-refractivity contribution is 5.83. The van der Waals surface area contributed by atoms with E-state index >= 15 is 0 Å². The fraction of sp³-hybridized carbons (Fsp3) is 0.647. The third kappa shape index (κ3) is 12.6. The summed E-state index contributed by atoms with van der Waals surface area (Å²) in [6, 6.07) is 0. The predicted molar refractivity (Wildman–Crippen MR) is 91.1 cm³/mol. The lowest BCUT2D eigenvalue weighted by molar-refractivity contribution is -0.124. The molecule has 0 aromatic heterocycles. The smallest absolute Gasteiger partial charge is 0.239 e. The highest BCUT2D eigenvalue weighted by Gasteiger charge is 2.09. The van der Waals surface area contributed by atoms with Crippen molar-refractivity contribution in [2.75, 3.05) is 41.0 Å². The van der Waals surface area contributed by atoms with Crippen LogP contribution in [0.5, 0.6) is 0 Å². The Bertz CT molecular complexity index is 405. The summed E-state index contributed by atoms with van der Waals surface area (Å²) < 4.78 is 9.29. The zero-order valence-electron chi connectivity index (χ0n) is 14.7. The first-order chi connectivity index (χ1) is 11.0. The second kappa shape index (κ2) is 14.0. The number of hydrogen-bond donors (Lipinski definition) is 2. The van der Waals surface area contributed by atoms with E-state index in [1.165, 1.54) is 6.92 Å². The quantitative estimate of drug-likeness (QED) is 0.662. The average molecular weight is 326 g/mol. The van der Waals surface area contributed by atoms with Crippen LogP contribution in [0.4, 0.5) is 0 Å². The van der Waals surface area contributed by atoms with Gasteiger partial charge in [0.2, 0.25) is 11.8 Å². The largest absolute Gasteiger partial charge is 0.388 e. The van der Waals surface area contributed by atoms with Gasteiger partial charge in [-0.25, -0.2) is 0 Å². The topological polar surface area (TPSA) is 76.7 Å². The zero-order valence-corrected chi connectivity index (χ0v) is 14.7. The van der Waals surface area contributed by atoms with Crippen molar-refractivity contribution < 1.29 is 19.1 Å². The van der Waals surface area contributed by atoms with Gasteiger partial charge in [0.15, 0.2) is 0 Å². The number of carbonyl (C=O) groups is 2. The van der Waals surface area contributed by atoms with E-state index in [1.54, 1.807) is 21.3 Å². The number of amides is 2. The van der Waals surface area contributed by atoms with Gasteiger partial charge in [-0.3, -0.25) is 9.59 Å². The maximum Gasteiger partial charge on any atom is 0.239 e. The van der Waals surface area contributed by atoms with Crippen molar-refractivity contribution in [2.45, 2.75) is 26.2 Å². The van der Waals surface area contributed by atoms with Crippen LogP contribution in [0.2, 0.25) is 0 Å². The van der Waals surface area contributed by atoms with Crippen LogP contribution in [-0.4, -0.2) is 52.8 Å². The highest BCUT2D eigenvalue weighted by Crippen LogP contribution is 2.20. The van der Waals surface area contributed by atoms with Crippen LogP contribution in [-0.2, 0) is 19.1 Å². The summed E-state index contributed by atoms with van der Waals surface area (Å²) in [6.45, 7) is 2.75. The van der Waals surface area contributed by atoms with Gasteiger partial charge in [0.05, 0.1) is 6.54 Å². The molecule has 0 saturated heterocycles. The van der Waals surface area contributed by atoms with Crippen LogP contribution in [0, 0.1) is 5.92 Å². The van der Waals surface area contributed by atoms with E-state index in [4.69, 9.17) is 4.74 Å². The molecule has 2 N–H and O–H groups in total. The normalized spacial score (nSPS) is 16.0. The number of methoxy groups -OCH3 is 2. The molecule has 6 nitrogen and oxygen atoms in total. The van der Waals surface area contributed by atoms with Crippen molar-refractivity contribution in [3.05, 3.63) is 23.8 Å². The monoisotopic (exact) mass is 326 g/mol. The molecule has 0 aliphatic heterocycles. The fourth-order valence-corrected chi connectivity index (χ4v) is 2.01. The molecule has 1 atom stereocenters. The lowest BCUT2D eigenvalue weighted by atomic mass is 9.93. The standard InChI is InChI=1S/C15H24N2O3.C2H6O/c1-12(18)16-11-15(19)17-10-14-7-5-13(6-8-14)4-3-9-20-2;1-3-2/h5,7-8,13H,3-4,6,9-11H2,1-2H3,(H,16,18)(H,17,19);1-2H3. The molecule has 1 aliphatic carbocycles. The number of ether oxygens (including phenoxy) is 2. The molecule has 132 valence electrons. The molecule has 0 saturated carbocycles. The minimum Gasteiger partial charge on any atom is -0.388 e. The molecule has 2 amide bonds. The average Bonchev–Trinajstić information content (AvgIpc) is 2.53. The molecule has 1 unspecified atom stereocenters. The Morgan fingerprint density at radius 3 is 2.48 bits per heavy atom. The third-order valence-corrected chi connectivity index (χ3v) is 3.18. The second-order valence-electron chi connectivity index (χ2n) is 5.36. The Labute approximate surface area is 139 Å². The first-order valence-electron chi connectivity index (χ1n) is 7.80. The third-order valence-electron chi connectivity index (χ3n) is 3.18. The molecular formula is C17H30N2O4. The van der Waals surface area contributed by atoms with Crippen LogP contribution in [0.1, 0.15) is 26.2 Å². The van der Waals surface area contributed by atoms with Gasteiger partial charge in [0.1, 0.15) is 0 Å². The molecular weight excluding hydrogens is 296 g/mol. The van der Waals surface area contributed by atoms with Crippen molar-refractivity contribution >= 4 is 11.8 Å². The van der Waals surface area contributed by atoms with E-state index in [-0.39, 0.29) is 18.4 Å². The molecule has 0 heterocycles. The molecule has 1 aliphatic rings. The van der Waals surface area contributed by atoms with Gasteiger partial charge in [-0.15, -0.1) is 0 Å². The van der Waals surface area contributed by atoms with Crippen molar-refractivity contribution in [1.82, 2.24) is 10.6 Å². The lowest BCUT2D eigenvalue weighted by Gasteiger charge is -2.16. The van der Waals surface area contributed by atoms with Gasteiger partial charge in [0.25, 0.3) is 0 Å². The number of nitrogens with one attached hydrogen (secondary N) is 2. The minimum atomic E-state index is -0.198. The van der Waals surface area contributed by atoms with Gasteiger partial charge >= 0.3 is 0 Å². The minimum absolute atomic E-state index is 0.0337. The lowest BCUT2D eigenvalue weighted by Crippen LogP contribution is -2.36. The molecule has 0 spiro atoms. The SMILES string of the molecule is COC.COCCCC1C=CC(CNC(=O)CNC(C)=O)=CC1. The summed E-state index contributed by atoms with van der Waals surface area (Å²) in [7, 11) is 4.97. The molecule has 6 heteroatoms. The maximum atomic E-state index is 11.4. The number of carbonyl (C=O) groups excluding carboxylic acids is 2. The first-order valence-corrected chi connectivity index (χ1v) is 7.80. The van der Waals surface area contributed by atoms with Crippen molar-refractivity contribution in [2.24, 2.45) is 5.92 Å². The van der Waals surface area contributed by atoms with E-state index in [9.17, 15) is 9.59 Å². The number of rotatable bonds is 8. The van der Waals surface area contributed by atoms with Crippen molar-refractivity contribution in [1.29, 1.82) is 0 Å². The summed E-state index contributed by atoms with van der Waals surface area (Å²) >= 11 is 0. The maximum absolute atomic E-state index is 11.4. The van der Waals surface area contributed by atoms with Gasteiger partial charge in [0, 0.05) is 41.4 Å². The fourth-order valence-electron chi connectivity index (χ4n) is 2.01. The van der Waals surface area contributed by atoms with Crippen molar-refractivity contribution in [3.8, 4) is 0 Å². The molecule has 23 heavy (non-hydrogen) atoms. The van der Waals surface area contributed by atoms with Crippen LogP contribution < -0.4 is 10.6 Å². The Hall–Kier alpha value is -1.66. The predicted octanol–water partition coefficient (Wildman–Crippen LogP) is 1.43. The van der Waals surface area contributed by atoms with Gasteiger partial charge in [-0.05, 0) is 30.8 Å². The van der Waals surface area contributed by atoms with E-state index in [0.717, 1.165) is 31.4 Å². The highest BCUT2D eigenvalue weighted by atomic mass is 16.5. The first kappa shape index (κ1) is 21.3. The molecule has 0 aromatic rings. The Morgan fingerprint density at radius 2 is 1.96 bits per heavy atom. The van der Waals surface area contributed by atoms with E-state index in [2.05, 4.69) is 33.6 Å². The van der Waals surface area contributed by atoms with E-state index in [1.807, 2.05) is 0 Å². The molecule has 1 rings (SSSR count). The van der Waals surface area contributed by atoms with Crippen molar-refractivity contribution in [3.63, 3.8) is 0 Å². The second-order valence-corrected chi connectivity index (χ2v) is 5.36. The summed E-state index contributed by atoms with van der Waals surface area (Å²) in [5, 5.41) is 5.25. The molecule has 0 aromatic carbocycles. The summed E-state index contributed by atoms with van der Waals surface area (Å²) in [4.78, 5) is 22.1. The van der Waals surface area contributed by atoms with Gasteiger partial charge < -0.3 is 20.1 Å². The number of hydrogen-bond acceptors (Lipinski definition) is 4. The Balaban J connectivity index is 0.00000149. The molecule has 0 fully saturated rings. The Kier molecular flexibility index (Phi) is 13.0. The summed E-state index contributed by atoms with van der Waals surface area (Å²) in [5.74, 6) is 0.205. The number of allylic oxidation sites excluding steroid dienone is 2.